The van der Waals surface area contributed by atoms with Gasteiger partial charge in [-0.1, -0.05) is 17.7 Å². The Balaban J connectivity index is 0.00000225. The molecular weight excluding hydrogens is 465 g/mol. The van der Waals surface area contributed by atoms with Gasteiger partial charge in [-0.05, 0) is 50.8 Å². The van der Waals surface area contributed by atoms with Crippen molar-refractivity contribution < 1.29 is 4.42 Å². The van der Waals surface area contributed by atoms with Crippen molar-refractivity contribution in [2.75, 3.05) is 26.7 Å². The maximum Gasteiger partial charge on any atom is 0.226 e. The lowest BCUT2D eigenvalue weighted by molar-refractivity contribution is 0.314. The minimum atomic E-state index is 0. The average molecular weight is 495 g/mol. The third kappa shape index (κ3) is 5.47. The summed E-state index contributed by atoms with van der Waals surface area (Å²) in [5.74, 6) is 2.19. The summed E-state index contributed by atoms with van der Waals surface area (Å²) >= 11 is 0. The molecule has 1 aromatic carbocycles. The molecule has 2 heterocycles. The number of aliphatic imine (C=N–C) groups is 1. The molecule has 1 unspecified atom stereocenters. The normalized spacial score (nSPS) is 20.1. The van der Waals surface area contributed by atoms with Gasteiger partial charge in [0.2, 0.25) is 5.89 Å². The van der Waals surface area contributed by atoms with Crippen molar-refractivity contribution in [3.63, 3.8) is 0 Å². The highest BCUT2D eigenvalue weighted by Gasteiger charge is 2.34. The molecule has 1 saturated carbocycles. The number of nitrogens with zero attached hydrogens (tertiary/aromatic N) is 3. The molecule has 7 heteroatoms. The zero-order chi connectivity index (χ0) is 18.6. The summed E-state index contributed by atoms with van der Waals surface area (Å²) in [6, 6.07) is 9.08. The first-order valence-corrected chi connectivity index (χ1v) is 9.91. The van der Waals surface area contributed by atoms with Crippen LogP contribution in [0.2, 0.25) is 0 Å². The highest BCUT2D eigenvalue weighted by atomic mass is 127. The highest BCUT2D eigenvalue weighted by Crippen LogP contribution is 2.31. The molecule has 0 spiro atoms. The van der Waals surface area contributed by atoms with Crippen LogP contribution < -0.4 is 10.6 Å². The van der Waals surface area contributed by atoms with E-state index in [1.165, 1.54) is 37.9 Å². The van der Waals surface area contributed by atoms with E-state index >= 15 is 0 Å². The van der Waals surface area contributed by atoms with Crippen molar-refractivity contribution in [3.8, 4) is 11.5 Å². The first kappa shape index (κ1) is 21.1. The van der Waals surface area contributed by atoms with Crippen molar-refractivity contribution in [3.05, 3.63) is 41.8 Å². The molecule has 28 heavy (non-hydrogen) atoms. The quantitative estimate of drug-likeness (QED) is 0.366. The van der Waals surface area contributed by atoms with Gasteiger partial charge in [0.25, 0.3) is 0 Å². The third-order valence-electron chi connectivity index (χ3n) is 5.45. The van der Waals surface area contributed by atoms with Crippen LogP contribution in [0, 0.1) is 12.8 Å². The van der Waals surface area contributed by atoms with Crippen LogP contribution in [0.5, 0.6) is 0 Å². The fourth-order valence-electron chi connectivity index (χ4n) is 3.65. The summed E-state index contributed by atoms with van der Waals surface area (Å²) in [5.41, 5.74) is 3.09. The van der Waals surface area contributed by atoms with Crippen LogP contribution >= 0.6 is 24.0 Å². The summed E-state index contributed by atoms with van der Waals surface area (Å²) < 4.78 is 5.62. The molecule has 2 aliphatic rings. The van der Waals surface area contributed by atoms with Gasteiger partial charge in [0, 0.05) is 31.7 Å². The van der Waals surface area contributed by atoms with E-state index in [9.17, 15) is 0 Å². The van der Waals surface area contributed by atoms with Crippen LogP contribution in [0.15, 0.2) is 39.9 Å². The van der Waals surface area contributed by atoms with Gasteiger partial charge in [-0.15, -0.1) is 24.0 Å². The Hall–Kier alpha value is -1.61. The number of guanidine groups is 1. The average Bonchev–Trinajstić information content (AvgIpc) is 3.24. The maximum atomic E-state index is 5.62. The van der Waals surface area contributed by atoms with Crippen molar-refractivity contribution in [1.29, 1.82) is 0 Å². The second-order valence-electron chi connectivity index (χ2n) is 7.70. The molecule has 1 aliphatic carbocycles. The van der Waals surface area contributed by atoms with Gasteiger partial charge in [0.1, 0.15) is 6.26 Å². The predicted molar refractivity (Wildman–Crippen MR) is 123 cm³/mol. The summed E-state index contributed by atoms with van der Waals surface area (Å²) in [4.78, 5) is 11.5. The van der Waals surface area contributed by atoms with E-state index in [1.54, 1.807) is 13.3 Å². The van der Waals surface area contributed by atoms with Crippen LogP contribution in [0.25, 0.3) is 11.5 Å². The second-order valence-corrected chi connectivity index (χ2v) is 7.70. The number of nitrogens with one attached hydrogen (secondary N) is 2. The molecule has 1 saturated heterocycles. The fourth-order valence-corrected chi connectivity index (χ4v) is 3.65. The van der Waals surface area contributed by atoms with Gasteiger partial charge in [0.15, 0.2) is 5.96 Å². The molecular formula is C21H30IN5O. The molecule has 0 radical (unpaired) electrons. The van der Waals surface area contributed by atoms with Gasteiger partial charge in [-0.3, -0.25) is 4.99 Å². The van der Waals surface area contributed by atoms with Crippen molar-refractivity contribution in [2.45, 2.75) is 38.8 Å². The van der Waals surface area contributed by atoms with Crippen molar-refractivity contribution in [1.82, 2.24) is 20.5 Å². The Morgan fingerprint density at radius 1 is 1.21 bits per heavy atom. The molecule has 4 rings (SSSR count). The Morgan fingerprint density at radius 2 is 2.00 bits per heavy atom. The lowest BCUT2D eigenvalue weighted by atomic mass is 10.1. The van der Waals surface area contributed by atoms with Gasteiger partial charge >= 0.3 is 0 Å². The number of likely N-dealkylation sites (tertiary alicyclic amines) is 1. The largest absolute Gasteiger partial charge is 0.444 e. The minimum Gasteiger partial charge on any atom is -0.444 e. The minimum absolute atomic E-state index is 0. The van der Waals surface area contributed by atoms with Gasteiger partial charge < -0.3 is 20.0 Å². The molecule has 1 aliphatic heterocycles. The molecule has 1 aromatic heterocycles. The monoisotopic (exact) mass is 495 g/mol. The first-order chi connectivity index (χ1) is 13.2. The zero-order valence-electron chi connectivity index (χ0n) is 16.6. The van der Waals surface area contributed by atoms with Crippen LogP contribution in [0.3, 0.4) is 0 Å². The van der Waals surface area contributed by atoms with Crippen LogP contribution in [0.4, 0.5) is 0 Å². The van der Waals surface area contributed by atoms with Gasteiger partial charge in [-0.2, -0.15) is 0 Å². The number of oxazole rings is 1. The Bertz CT molecular complexity index is 784. The van der Waals surface area contributed by atoms with E-state index in [0.29, 0.717) is 18.4 Å². The Morgan fingerprint density at radius 3 is 2.71 bits per heavy atom. The summed E-state index contributed by atoms with van der Waals surface area (Å²) in [5, 5.41) is 6.79. The number of rotatable bonds is 6. The predicted octanol–water partition coefficient (Wildman–Crippen LogP) is 3.42. The summed E-state index contributed by atoms with van der Waals surface area (Å²) in [6.07, 6.45) is 5.78. The maximum absolute atomic E-state index is 5.62. The van der Waals surface area contributed by atoms with E-state index in [-0.39, 0.29) is 24.0 Å². The topological polar surface area (TPSA) is 65.7 Å². The summed E-state index contributed by atoms with van der Waals surface area (Å²) in [7, 11) is 1.81. The van der Waals surface area contributed by atoms with Crippen LogP contribution in [0.1, 0.15) is 30.5 Å². The third-order valence-corrected chi connectivity index (χ3v) is 5.45. The van der Waals surface area contributed by atoms with E-state index in [4.69, 9.17) is 4.42 Å². The van der Waals surface area contributed by atoms with Gasteiger partial charge in [-0.25, -0.2) is 4.98 Å². The molecule has 2 N–H and O–H groups in total. The highest BCUT2D eigenvalue weighted by molar-refractivity contribution is 14.0. The molecule has 2 aromatic rings. The molecule has 0 amide bonds. The van der Waals surface area contributed by atoms with Crippen LogP contribution in [-0.2, 0) is 6.54 Å². The van der Waals surface area contributed by atoms with Crippen molar-refractivity contribution >= 4 is 29.9 Å². The van der Waals surface area contributed by atoms with Crippen molar-refractivity contribution in [2.24, 2.45) is 10.9 Å². The second kappa shape index (κ2) is 9.73. The number of benzene rings is 1. The molecule has 2 fully saturated rings. The molecule has 0 bridgehead atoms. The lowest BCUT2D eigenvalue weighted by Gasteiger charge is -2.16. The Labute approximate surface area is 184 Å². The lowest BCUT2D eigenvalue weighted by Crippen LogP contribution is -2.40. The summed E-state index contributed by atoms with van der Waals surface area (Å²) in [6.45, 7) is 6.11. The number of aromatic nitrogens is 1. The van der Waals surface area contributed by atoms with E-state index in [2.05, 4.69) is 44.6 Å². The molecule has 1 atom stereocenters. The number of aryl methyl sites for hydroxylation is 1. The molecule has 6 nitrogen and oxygen atoms in total. The van der Waals surface area contributed by atoms with E-state index in [1.807, 2.05) is 12.1 Å². The first-order valence-electron chi connectivity index (χ1n) is 9.91. The fraction of sp³-hybridized carbons (Fsp3) is 0.524. The van der Waals surface area contributed by atoms with Gasteiger partial charge in [0.05, 0.1) is 12.2 Å². The van der Waals surface area contributed by atoms with E-state index in [0.717, 1.165) is 29.8 Å². The number of hydrogen-bond acceptors (Lipinski definition) is 4. The van der Waals surface area contributed by atoms with Crippen LogP contribution in [-0.4, -0.2) is 48.6 Å². The molecule has 152 valence electrons. The standard InChI is InChI=1S/C21H29N5O.HI/c1-15-3-5-17(6-4-15)20-25-18(14-27-20)12-24-21(22-2)23-11-16-9-10-26(13-16)19-7-8-19;/h3-6,14,16,19H,7-13H2,1-2H3,(H2,22,23,24);1H. The SMILES string of the molecule is CN=C(NCc1coc(-c2ccc(C)cc2)n1)NCC1CCN(C2CC2)C1.I. The smallest absolute Gasteiger partial charge is 0.226 e. The number of hydrogen-bond donors (Lipinski definition) is 2. The number of halogens is 1. The van der Waals surface area contributed by atoms with E-state index < -0.39 is 0 Å². The zero-order valence-corrected chi connectivity index (χ0v) is 19.0. The Kier molecular flexibility index (Phi) is 7.34.